The van der Waals surface area contributed by atoms with Crippen LogP contribution in [0.2, 0.25) is 0 Å². The second-order valence-corrected chi connectivity index (χ2v) is 10.2. The molecule has 0 N–H and O–H groups in total. The molecule has 0 saturated carbocycles. The number of halogens is 5. The normalized spacial score (nSPS) is 11.4. The third-order valence-corrected chi connectivity index (χ3v) is 7.28. The van der Waals surface area contributed by atoms with E-state index >= 15 is 0 Å². The highest BCUT2D eigenvalue weighted by atomic mass is 19.1. The van der Waals surface area contributed by atoms with Crippen molar-refractivity contribution in [1.82, 2.24) is 0 Å². The van der Waals surface area contributed by atoms with Crippen molar-refractivity contribution < 1.29 is 26.4 Å². The fourth-order valence-electron chi connectivity index (χ4n) is 5.42. The number of nitrogens with zero attached hydrogens (tertiary/aromatic N) is 1. The maximum absolute atomic E-state index is 14.1. The van der Waals surface area contributed by atoms with Gasteiger partial charge in [0.1, 0.15) is 40.3 Å². The molecule has 0 aliphatic carbocycles. The largest absolute Gasteiger partial charge is 0.456 e. The molecule has 1 heterocycles. The SMILES string of the molecule is Fc1cc(F)cc(-c2cccc(N(c3cccc(-c4cc(F)cc(F)c4)c3)c3ccc4c(c3)oc3cc(F)ccc34)c2)c1. The van der Waals surface area contributed by atoms with Gasteiger partial charge >= 0.3 is 0 Å². The van der Waals surface area contributed by atoms with Gasteiger partial charge in [-0.3, -0.25) is 0 Å². The number of hydrogen-bond acceptors (Lipinski definition) is 2. The fraction of sp³-hybridized carbons (Fsp3) is 0. The first-order chi connectivity index (χ1) is 20.8. The van der Waals surface area contributed by atoms with E-state index in [-0.39, 0.29) is 0 Å². The lowest BCUT2D eigenvalue weighted by Crippen LogP contribution is -2.10. The van der Waals surface area contributed by atoms with Crippen molar-refractivity contribution in [3.8, 4) is 22.3 Å². The van der Waals surface area contributed by atoms with Crippen molar-refractivity contribution in [2.24, 2.45) is 0 Å². The lowest BCUT2D eigenvalue weighted by molar-refractivity contribution is 0.583. The van der Waals surface area contributed by atoms with Gasteiger partial charge in [0.15, 0.2) is 0 Å². The second kappa shape index (κ2) is 10.4. The van der Waals surface area contributed by atoms with E-state index in [1.165, 1.54) is 36.4 Å². The summed E-state index contributed by atoms with van der Waals surface area (Å²) in [6.07, 6.45) is 0. The zero-order valence-electron chi connectivity index (χ0n) is 22.3. The maximum Gasteiger partial charge on any atom is 0.138 e. The van der Waals surface area contributed by atoms with E-state index < -0.39 is 29.1 Å². The first-order valence-corrected chi connectivity index (χ1v) is 13.4. The minimum absolute atomic E-state index is 0.359. The first kappa shape index (κ1) is 26.5. The maximum atomic E-state index is 14.1. The van der Waals surface area contributed by atoms with Crippen LogP contribution in [0.1, 0.15) is 0 Å². The van der Waals surface area contributed by atoms with E-state index in [9.17, 15) is 22.0 Å². The smallest absolute Gasteiger partial charge is 0.138 e. The van der Waals surface area contributed by atoms with Gasteiger partial charge in [-0.15, -0.1) is 0 Å². The molecule has 6 aromatic carbocycles. The number of benzene rings is 6. The number of furan rings is 1. The second-order valence-electron chi connectivity index (χ2n) is 10.2. The molecule has 0 atom stereocenters. The molecule has 7 aromatic rings. The zero-order valence-corrected chi connectivity index (χ0v) is 22.3. The monoisotopic (exact) mass is 577 g/mol. The van der Waals surface area contributed by atoms with E-state index in [4.69, 9.17) is 4.42 Å². The van der Waals surface area contributed by atoms with E-state index in [2.05, 4.69) is 0 Å². The Bertz CT molecular complexity index is 2030. The van der Waals surface area contributed by atoms with Crippen LogP contribution in [0.15, 0.2) is 126 Å². The van der Waals surface area contributed by atoms with Crippen LogP contribution in [-0.2, 0) is 0 Å². The Morgan fingerprint density at radius 3 is 1.37 bits per heavy atom. The van der Waals surface area contributed by atoms with Crippen LogP contribution >= 0.6 is 0 Å². The molecule has 0 aliphatic heterocycles. The highest BCUT2D eigenvalue weighted by Crippen LogP contribution is 2.41. The summed E-state index contributed by atoms with van der Waals surface area (Å²) in [4.78, 5) is 1.89. The van der Waals surface area contributed by atoms with Crippen molar-refractivity contribution in [3.05, 3.63) is 150 Å². The molecule has 0 saturated heterocycles. The lowest BCUT2D eigenvalue weighted by Gasteiger charge is -2.26. The third kappa shape index (κ3) is 5.10. The number of fused-ring (bicyclic) bond motifs is 3. The Morgan fingerprint density at radius 2 is 0.837 bits per heavy atom. The number of rotatable bonds is 5. The molecule has 0 radical (unpaired) electrons. The molecule has 0 unspecified atom stereocenters. The predicted octanol–water partition coefficient (Wildman–Crippen LogP) is 11.1. The Hall–Kier alpha value is -5.43. The van der Waals surface area contributed by atoms with Crippen molar-refractivity contribution in [2.75, 3.05) is 4.90 Å². The van der Waals surface area contributed by atoms with E-state index in [1.807, 2.05) is 35.2 Å². The molecule has 7 heteroatoms. The molecule has 7 rings (SSSR count). The molecular formula is C36H20F5NO. The average Bonchev–Trinajstić information content (AvgIpc) is 3.33. The molecule has 0 aliphatic rings. The van der Waals surface area contributed by atoms with Crippen LogP contribution in [0.5, 0.6) is 0 Å². The highest BCUT2D eigenvalue weighted by Gasteiger charge is 2.18. The lowest BCUT2D eigenvalue weighted by atomic mass is 10.0. The molecule has 1 aromatic heterocycles. The van der Waals surface area contributed by atoms with Gasteiger partial charge in [-0.05, 0) is 95.1 Å². The topological polar surface area (TPSA) is 16.4 Å². The van der Waals surface area contributed by atoms with Gasteiger partial charge in [-0.1, -0.05) is 24.3 Å². The molecule has 0 bridgehead atoms. The van der Waals surface area contributed by atoms with Crippen molar-refractivity contribution in [1.29, 1.82) is 0 Å². The van der Waals surface area contributed by atoms with Gasteiger partial charge in [0, 0.05) is 52.1 Å². The minimum atomic E-state index is -0.695. The summed E-state index contributed by atoms with van der Waals surface area (Å²) in [5, 5.41) is 1.56. The highest BCUT2D eigenvalue weighted by molar-refractivity contribution is 6.06. The molecule has 210 valence electrons. The summed E-state index contributed by atoms with van der Waals surface area (Å²) in [6.45, 7) is 0. The van der Waals surface area contributed by atoms with E-state index in [0.29, 0.717) is 50.5 Å². The average molecular weight is 578 g/mol. The van der Waals surface area contributed by atoms with Crippen LogP contribution in [-0.4, -0.2) is 0 Å². The van der Waals surface area contributed by atoms with Crippen LogP contribution < -0.4 is 4.90 Å². The van der Waals surface area contributed by atoms with Crippen molar-refractivity contribution in [3.63, 3.8) is 0 Å². The summed E-state index contributed by atoms with van der Waals surface area (Å²) in [7, 11) is 0. The Balaban J connectivity index is 1.42. The van der Waals surface area contributed by atoms with Crippen molar-refractivity contribution in [2.45, 2.75) is 0 Å². The quantitative estimate of drug-likeness (QED) is 0.189. The predicted molar refractivity (Wildman–Crippen MR) is 159 cm³/mol. The molecular weight excluding hydrogens is 557 g/mol. The van der Waals surface area contributed by atoms with Gasteiger partial charge in [0.2, 0.25) is 0 Å². The van der Waals surface area contributed by atoms with Crippen molar-refractivity contribution >= 4 is 39.0 Å². The summed E-state index contributed by atoms with van der Waals surface area (Å²) in [5.74, 6) is -3.19. The Labute approximate surface area is 242 Å². The summed E-state index contributed by atoms with van der Waals surface area (Å²) < 4.78 is 76.3. The summed E-state index contributed by atoms with van der Waals surface area (Å²) >= 11 is 0. The zero-order chi connectivity index (χ0) is 29.7. The standard InChI is InChI=1S/C36H20F5NO/c37-25-7-9-33-34-10-8-32(20-36(34)43-35(33)19-25)42(30-5-1-3-21(15-30)23-11-26(38)17-27(39)12-23)31-6-2-4-22(16-31)24-13-28(40)18-29(41)14-24/h1-20H. The third-order valence-electron chi connectivity index (χ3n) is 7.28. The van der Waals surface area contributed by atoms with Crippen LogP contribution in [0, 0.1) is 29.1 Å². The first-order valence-electron chi connectivity index (χ1n) is 13.4. The Morgan fingerprint density at radius 1 is 0.372 bits per heavy atom. The van der Waals surface area contributed by atoms with E-state index in [1.54, 1.807) is 42.5 Å². The molecule has 2 nitrogen and oxygen atoms in total. The summed E-state index contributed by atoms with van der Waals surface area (Å²) in [5.41, 5.74) is 4.75. The minimum Gasteiger partial charge on any atom is -0.456 e. The van der Waals surface area contributed by atoms with Gasteiger partial charge in [0.25, 0.3) is 0 Å². The number of hydrogen-bond donors (Lipinski definition) is 0. The van der Waals surface area contributed by atoms with Crippen LogP contribution in [0.3, 0.4) is 0 Å². The fourth-order valence-corrected chi connectivity index (χ4v) is 5.42. The Kier molecular flexibility index (Phi) is 6.43. The van der Waals surface area contributed by atoms with Gasteiger partial charge in [-0.2, -0.15) is 0 Å². The van der Waals surface area contributed by atoms with E-state index in [0.717, 1.165) is 22.9 Å². The molecule has 0 spiro atoms. The van der Waals surface area contributed by atoms with Gasteiger partial charge < -0.3 is 9.32 Å². The van der Waals surface area contributed by atoms with Gasteiger partial charge in [0.05, 0.1) is 0 Å². The molecule has 43 heavy (non-hydrogen) atoms. The molecule has 0 fully saturated rings. The molecule has 0 amide bonds. The number of anilines is 3. The van der Waals surface area contributed by atoms with Gasteiger partial charge in [-0.25, -0.2) is 22.0 Å². The summed E-state index contributed by atoms with van der Waals surface area (Å²) in [6, 6.07) is 30.9. The van der Waals surface area contributed by atoms with Crippen LogP contribution in [0.25, 0.3) is 44.2 Å². The van der Waals surface area contributed by atoms with Crippen LogP contribution in [0.4, 0.5) is 39.0 Å².